The number of carbonyl (C=O) groups is 1. The average molecular weight is 386 g/mol. The van der Waals surface area contributed by atoms with Gasteiger partial charge in [-0.2, -0.15) is 0 Å². The Labute approximate surface area is 167 Å². The van der Waals surface area contributed by atoms with Crippen molar-refractivity contribution in [2.45, 2.75) is 65.0 Å². The summed E-state index contributed by atoms with van der Waals surface area (Å²) in [6.07, 6.45) is 8.27. The fourth-order valence-electron chi connectivity index (χ4n) is 4.10. The third kappa shape index (κ3) is 6.78. The quantitative estimate of drug-likeness (QED) is 0.606. The van der Waals surface area contributed by atoms with Gasteiger partial charge in [-0.3, -0.25) is 9.69 Å². The number of hydrogen-bond donors (Lipinski definition) is 1. The number of nitrogens with zero attached hydrogens (tertiary/aromatic N) is 1. The van der Waals surface area contributed by atoms with Crippen molar-refractivity contribution in [1.29, 1.82) is 0 Å². The van der Waals surface area contributed by atoms with E-state index in [0.717, 1.165) is 19.0 Å². The molecule has 0 atom stereocenters. The lowest BCUT2D eigenvalue weighted by Gasteiger charge is -2.23. The fourth-order valence-corrected chi connectivity index (χ4v) is 5.02. The van der Waals surface area contributed by atoms with E-state index < -0.39 is 5.97 Å². The zero-order valence-corrected chi connectivity index (χ0v) is 17.1. The van der Waals surface area contributed by atoms with Gasteiger partial charge in [0.05, 0.1) is 6.42 Å². The molecule has 1 aliphatic carbocycles. The van der Waals surface area contributed by atoms with Crippen LogP contribution in [0.5, 0.6) is 0 Å². The van der Waals surface area contributed by atoms with Gasteiger partial charge in [0, 0.05) is 24.5 Å². The Morgan fingerprint density at radius 3 is 2.63 bits per heavy atom. The molecule has 1 aromatic heterocycles. The highest BCUT2D eigenvalue weighted by atomic mass is 32.1. The number of thiophene rings is 1. The highest BCUT2D eigenvalue weighted by Crippen LogP contribution is 2.27. The van der Waals surface area contributed by atoms with Crippen molar-refractivity contribution >= 4 is 17.3 Å². The minimum absolute atomic E-state index is 0.187. The Morgan fingerprint density at radius 1 is 1.15 bits per heavy atom. The van der Waals surface area contributed by atoms with Gasteiger partial charge in [-0.1, -0.05) is 56.4 Å². The third-order valence-electron chi connectivity index (χ3n) is 5.45. The lowest BCUT2D eigenvalue weighted by atomic mass is 9.84. The molecule has 0 spiro atoms. The molecule has 0 amide bonds. The molecule has 0 unspecified atom stereocenters. The molecule has 146 valence electrons. The molecule has 27 heavy (non-hydrogen) atoms. The molecule has 3 nitrogen and oxygen atoms in total. The van der Waals surface area contributed by atoms with Gasteiger partial charge in [0.2, 0.25) is 0 Å². The number of hydrogen-bond acceptors (Lipinski definition) is 3. The smallest absolute Gasteiger partial charge is 0.304 e. The number of benzene rings is 1. The van der Waals surface area contributed by atoms with Gasteiger partial charge in [0.25, 0.3) is 0 Å². The topological polar surface area (TPSA) is 40.5 Å². The van der Waals surface area contributed by atoms with Crippen molar-refractivity contribution in [3.8, 4) is 0 Å². The standard InChI is InChI=1S/C23H31NO2S/c1-18-12-22(27-17-18)16-24(11-10-23(25)26)15-21-9-5-8-20(14-21)13-19-6-3-2-4-7-19/h5,8-9,12,14,17,19H,2-4,6-7,10-11,13,15-16H2,1H3,(H,25,26). The Morgan fingerprint density at radius 2 is 1.93 bits per heavy atom. The number of rotatable bonds is 9. The molecule has 1 aromatic carbocycles. The summed E-state index contributed by atoms with van der Waals surface area (Å²) in [4.78, 5) is 14.6. The summed E-state index contributed by atoms with van der Waals surface area (Å²) < 4.78 is 0. The van der Waals surface area contributed by atoms with E-state index in [0.29, 0.717) is 6.54 Å². The van der Waals surface area contributed by atoms with Crippen molar-refractivity contribution in [1.82, 2.24) is 4.90 Å². The third-order valence-corrected chi connectivity index (χ3v) is 6.49. The Bertz CT molecular complexity index is 733. The van der Waals surface area contributed by atoms with Crippen LogP contribution < -0.4 is 0 Å². The van der Waals surface area contributed by atoms with E-state index in [1.807, 2.05) is 0 Å². The second-order valence-corrected chi connectivity index (χ2v) is 8.97. The van der Waals surface area contributed by atoms with Gasteiger partial charge in [0.15, 0.2) is 0 Å². The van der Waals surface area contributed by atoms with E-state index in [4.69, 9.17) is 5.11 Å². The van der Waals surface area contributed by atoms with Crippen LogP contribution in [0.2, 0.25) is 0 Å². The van der Waals surface area contributed by atoms with Crippen LogP contribution in [0.3, 0.4) is 0 Å². The molecule has 1 saturated carbocycles. The van der Waals surface area contributed by atoms with Crippen LogP contribution in [0.1, 0.15) is 60.1 Å². The van der Waals surface area contributed by atoms with E-state index in [2.05, 4.69) is 47.5 Å². The number of carboxylic acids is 1. The summed E-state index contributed by atoms with van der Waals surface area (Å²) in [5.41, 5.74) is 4.01. The first-order valence-electron chi connectivity index (χ1n) is 10.1. The van der Waals surface area contributed by atoms with E-state index in [-0.39, 0.29) is 6.42 Å². The molecule has 2 aromatic rings. The molecular formula is C23H31NO2S. The number of carboxylic acid groups (broad SMARTS) is 1. The number of aryl methyl sites for hydroxylation is 1. The van der Waals surface area contributed by atoms with E-state index >= 15 is 0 Å². The van der Waals surface area contributed by atoms with Gasteiger partial charge >= 0.3 is 5.97 Å². The summed E-state index contributed by atoms with van der Waals surface area (Å²) in [6, 6.07) is 11.1. The Balaban J connectivity index is 1.64. The molecule has 0 aliphatic heterocycles. The van der Waals surface area contributed by atoms with Crippen LogP contribution in [0.25, 0.3) is 0 Å². The molecule has 0 bridgehead atoms. The van der Waals surface area contributed by atoms with Gasteiger partial charge in [-0.05, 0) is 47.4 Å². The lowest BCUT2D eigenvalue weighted by molar-refractivity contribution is -0.137. The van der Waals surface area contributed by atoms with Crippen molar-refractivity contribution < 1.29 is 9.90 Å². The zero-order chi connectivity index (χ0) is 19.1. The van der Waals surface area contributed by atoms with Crippen LogP contribution in [-0.2, 0) is 24.3 Å². The summed E-state index contributed by atoms with van der Waals surface area (Å²) in [5.74, 6) is 0.111. The summed E-state index contributed by atoms with van der Waals surface area (Å²) in [6.45, 7) is 4.32. The maximum absolute atomic E-state index is 11.1. The minimum atomic E-state index is -0.728. The van der Waals surface area contributed by atoms with Crippen LogP contribution >= 0.6 is 11.3 Å². The minimum Gasteiger partial charge on any atom is -0.481 e. The van der Waals surface area contributed by atoms with Gasteiger partial charge in [0.1, 0.15) is 0 Å². The largest absolute Gasteiger partial charge is 0.481 e. The van der Waals surface area contributed by atoms with Crippen molar-refractivity contribution in [2.24, 2.45) is 5.92 Å². The van der Waals surface area contributed by atoms with E-state index in [1.165, 1.54) is 60.1 Å². The Hall–Kier alpha value is -1.65. The van der Waals surface area contributed by atoms with Crippen molar-refractivity contribution in [2.75, 3.05) is 6.54 Å². The molecule has 1 N–H and O–H groups in total. The SMILES string of the molecule is Cc1csc(CN(CCC(=O)O)Cc2cccc(CC3CCCCC3)c2)c1. The van der Waals surface area contributed by atoms with Crippen molar-refractivity contribution in [3.05, 3.63) is 57.3 Å². The van der Waals surface area contributed by atoms with Crippen LogP contribution in [0.4, 0.5) is 0 Å². The molecule has 3 rings (SSSR count). The summed E-state index contributed by atoms with van der Waals surface area (Å²) >= 11 is 1.76. The van der Waals surface area contributed by atoms with Gasteiger partial charge in [-0.25, -0.2) is 0 Å². The first-order valence-corrected chi connectivity index (χ1v) is 11.0. The molecule has 4 heteroatoms. The molecule has 0 saturated heterocycles. The monoisotopic (exact) mass is 385 g/mol. The van der Waals surface area contributed by atoms with E-state index in [9.17, 15) is 4.79 Å². The molecular weight excluding hydrogens is 354 g/mol. The fraction of sp³-hybridized carbons (Fsp3) is 0.522. The van der Waals surface area contributed by atoms with Crippen molar-refractivity contribution in [3.63, 3.8) is 0 Å². The highest BCUT2D eigenvalue weighted by Gasteiger charge is 2.15. The average Bonchev–Trinajstić information content (AvgIpc) is 3.06. The Kier molecular flexibility index (Phi) is 7.48. The summed E-state index contributed by atoms with van der Waals surface area (Å²) in [7, 11) is 0. The first-order chi connectivity index (χ1) is 13.1. The van der Waals surface area contributed by atoms with Crippen LogP contribution in [-0.4, -0.2) is 22.5 Å². The molecule has 1 aliphatic rings. The molecule has 1 fully saturated rings. The zero-order valence-electron chi connectivity index (χ0n) is 16.3. The second kappa shape index (κ2) is 10.0. The second-order valence-electron chi connectivity index (χ2n) is 7.97. The summed E-state index contributed by atoms with van der Waals surface area (Å²) in [5, 5.41) is 11.3. The van der Waals surface area contributed by atoms with E-state index in [1.54, 1.807) is 11.3 Å². The molecule has 1 heterocycles. The number of aliphatic carboxylic acids is 1. The lowest BCUT2D eigenvalue weighted by Crippen LogP contribution is -2.25. The predicted molar refractivity (Wildman–Crippen MR) is 112 cm³/mol. The van der Waals surface area contributed by atoms with Gasteiger partial charge < -0.3 is 5.11 Å². The van der Waals surface area contributed by atoms with Gasteiger partial charge in [-0.15, -0.1) is 11.3 Å². The maximum atomic E-state index is 11.1. The van der Waals surface area contributed by atoms with Crippen LogP contribution in [0, 0.1) is 12.8 Å². The normalized spacial score (nSPS) is 15.3. The maximum Gasteiger partial charge on any atom is 0.304 e. The first kappa shape index (κ1) is 20.1. The predicted octanol–water partition coefficient (Wildman–Crippen LogP) is 5.66. The molecule has 0 radical (unpaired) electrons. The highest BCUT2D eigenvalue weighted by molar-refractivity contribution is 7.10. The van der Waals surface area contributed by atoms with Crippen LogP contribution in [0.15, 0.2) is 35.7 Å².